The normalized spacial score (nSPS) is 10.6. The Kier molecular flexibility index (Phi) is 5.89. The number of hydrogen-bond donors (Lipinski definition) is 2. The van der Waals surface area contributed by atoms with E-state index in [1.54, 1.807) is 23.3 Å². The highest BCUT2D eigenvalue weighted by Crippen LogP contribution is 2.18. The third kappa shape index (κ3) is 4.40. The number of carbonyl (C=O) groups is 2. The second-order valence-corrected chi connectivity index (χ2v) is 5.72. The molecule has 2 heterocycles. The maximum absolute atomic E-state index is 12.1. The van der Waals surface area contributed by atoms with Crippen molar-refractivity contribution in [3.63, 3.8) is 0 Å². The minimum Gasteiger partial charge on any atom is -0.469 e. The molecule has 0 aromatic carbocycles. The van der Waals surface area contributed by atoms with Crippen molar-refractivity contribution in [3.05, 3.63) is 34.7 Å². The molecule has 2 N–H and O–H groups in total. The SMILES string of the molecule is CCN(CCO)C(=O)Cc1csc(NC(=O)c2ccoc2C)n1. The van der Waals surface area contributed by atoms with Gasteiger partial charge in [-0.1, -0.05) is 0 Å². The second kappa shape index (κ2) is 7.89. The van der Waals surface area contributed by atoms with E-state index in [1.807, 2.05) is 6.92 Å². The number of aliphatic hydroxyl groups excluding tert-OH is 1. The van der Waals surface area contributed by atoms with Crippen molar-refractivity contribution in [3.8, 4) is 0 Å². The zero-order chi connectivity index (χ0) is 16.8. The smallest absolute Gasteiger partial charge is 0.260 e. The monoisotopic (exact) mass is 337 g/mol. The predicted molar refractivity (Wildman–Crippen MR) is 86.6 cm³/mol. The van der Waals surface area contributed by atoms with E-state index in [0.717, 1.165) is 0 Å². The fourth-order valence-corrected chi connectivity index (χ4v) is 2.78. The van der Waals surface area contributed by atoms with Crippen molar-refractivity contribution in [1.29, 1.82) is 0 Å². The Hall–Kier alpha value is -2.19. The largest absolute Gasteiger partial charge is 0.469 e. The van der Waals surface area contributed by atoms with Crippen LogP contribution in [-0.4, -0.2) is 46.5 Å². The molecule has 2 aromatic rings. The molecule has 0 aliphatic rings. The summed E-state index contributed by atoms with van der Waals surface area (Å²) in [6.07, 6.45) is 1.60. The molecule has 0 saturated heterocycles. The van der Waals surface area contributed by atoms with E-state index in [1.165, 1.54) is 17.6 Å². The third-order valence-electron chi connectivity index (χ3n) is 3.31. The number of aromatic nitrogens is 1. The van der Waals surface area contributed by atoms with Crippen LogP contribution < -0.4 is 5.32 Å². The summed E-state index contributed by atoms with van der Waals surface area (Å²) in [5.41, 5.74) is 1.05. The van der Waals surface area contributed by atoms with Gasteiger partial charge >= 0.3 is 0 Å². The van der Waals surface area contributed by atoms with E-state index < -0.39 is 0 Å². The molecule has 23 heavy (non-hydrogen) atoms. The summed E-state index contributed by atoms with van der Waals surface area (Å²) in [5.74, 6) is 0.145. The Morgan fingerprint density at radius 3 is 2.87 bits per heavy atom. The van der Waals surface area contributed by atoms with Gasteiger partial charge in [0.15, 0.2) is 5.13 Å². The molecular formula is C15H19N3O4S. The molecule has 0 aliphatic carbocycles. The van der Waals surface area contributed by atoms with E-state index in [-0.39, 0.29) is 24.8 Å². The maximum Gasteiger partial charge on any atom is 0.260 e. The van der Waals surface area contributed by atoms with Gasteiger partial charge in [0.2, 0.25) is 5.91 Å². The van der Waals surface area contributed by atoms with E-state index in [0.29, 0.717) is 35.2 Å². The number of likely N-dealkylation sites (N-methyl/N-ethyl adjacent to an activating group) is 1. The molecule has 0 radical (unpaired) electrons. The number of nitrogens with one attached hydrogen (secondary N) is 1. The first kappa shape index (κ1) is 17.2. The van der Waals surface area contributed by atoms with Gasteiger partial charge in [-0.05, 0) is 19.9 Å². The van der Waals surface area contributed by atoms with Crippen molar-refractivity contribution in [2.75, 3.05) is 25.0 Å². The van der Waals surface area contributed by atoms with Crippen molar-refractivity contribution in [2.45, 2.75) is 20.3 Å². The van der Waals surface area contributed by atoms with Crippen molar-refractivity contribution in [2.24, 2.45) is 0 Å². The van der Waals surface area contributed by atoms with Gasteiger partial charge in [-0.25, -0.2) is 4.98 Å². The van der Waals surface area contributed by atoms with Crippen molar-refractivity contribution >= 4 is 28.3 Å². The maximum atomic E-state index is 12.1. The second-order valence-electron chi connectivity index (χ2n) is 4.86. The molecule has 2 aromatic heterocycles. The van der Waals surface area contributed by atoms with Gasteiger partial charge < -0.3 is 14.4 Å². The lowest BCUT2D eigenvalue weighted by Crippen LogP contribution is -2.34. The lowest BCUT2D eigenvalue weighted by molar-refractivity contribution is -0.130. The van der Waals surface area contributed by atoms with E-state index >= 15 is 0 Å². The number of aliphatic hydroxyl groups is 1. The number of furan rings is 1. The fourth-order valence-electron chi connectivity index (χ4n) is 2.08. The van der Waals surface area contributed by atoms with Crippen LogP contribution in [-0.2, 0) is 11.2 Å². The molecule has 0 fully saturated rings. The zero-order valence-corrected chi connectivity index (χ0v) is 13.9. The first-order valence-corrected chi connectivity index (χ1v) is 8.11. The molecule has 7 nitrogen and oxygen atoms in total. The van der Waals surface area contributed by atoms with Gasteiger partial charge in [-0.15, -0.1) is 11.3 Å². The van der Waals surface area contributed by atoms with Crippen LogP contribution in [0.2, 0.25) is 0 Å². The van der Waals surface area contributed by atoms with Gasteiger partial charge in [-0.3, -0.25) is 14.9 Å². The molecular weight excluding hydrogens is 318 g/mol. The summed E-state index contributed by atoms with van der Waals surface area (Å²) in [6.45, 7) is 4.34. The molecule has 0 bridgehead atoms. The van der Waals surface area contributed by atoms with Gasteiger partial charge in [-0.2, -0.15) is 0 Å². The molecule has 124 valence electrons. The number of amides is 2. The van der Waals surface area contributed by atoms with E-state index in [9.17, 15) is 9.59 Å². The molecule has 0 unspecified atom stereocenters. The van der Waals surface area contributed by atoms with Crippen LogP contribution in [0.5, 0.6) is 0 Å². The first-order valence-electron chi connectivity index (χ1n) is 7.23. The fraction of sp³-hybridized carbons (Fsp3) is 0.400. The summed E-state index contributed by atoms with van der Waals surface area (Å²) >= 11 is 1.26. The minimum absolute atomic E-state index is 0.0675. The molecule has 0 atom stereocenters. The lowest BCUT2D eigenvalue weighted by atomic mass is 10.2. The highest BCUT2D eigenvalue weighted by atomic mass is 32.1. The quantitative estimate of drug-likeness (QED) is 0.801. The van der Waals surface area contributed by atoms with Crippen LogP contribution in [0.4, 0.5) is 5.13 Å². The highest BCUT2D eigenvalue weighted by molar-refractivity contribution is 7.14. The van der Waals surface area contributed by atoms with Crippen LogP contribution in [0.25, 0.3) is 0 Å². The standard InChI is InChI=1S/C15H19N3O4S/c1-3-18(5-6-19)13(20)8-11-9-23-15(16-11)17-14(21)12-4-7-22-10(12)2/h4,7,9,19H,3,5-6,8H2,1-2H3,(H,16,17,21). The number of aryl methyl sites for hydroxylation is 1. The Bertz CT molecular complexity index is 680. The van der Waals surface area contributed by atoms with Gasteiger partial charge in [0, 0.05) is 18.5 Å². The molecule has 0 saturated carbocycles. The Morgan fingerprint density at radius 1 is 1.48 bits per heavy atom. The average molecular weight is 337 g/mol. The Balaban J connectivity index is 1.97. The summed E-state index contributed by atoms with van der Waals surface area (Å²) in [4.78, 5) is 30.0. The Labute approximate surface area is 137 Å². The highest BCUT2D eigenvalue weighted by Gasteiger charge is 2.16. The van der Waals surface area contributed by atoms with Crippen LogP contribution in [0.1, 0.15) is 28.7 Å². The lowest BCUT2D eigenvalue weighted by Gasteiger charge is -2.18. The summed E-state index contributed by atoms with van der Waals surface area (Å²) < 4.78 is 5.09. The Morgan fingerprint density at radius 2 is 2.26 bits per heavy atom. The molecule has 2 amide bonds. The van der Waals surface area contributed by atoms with E-state index in [4.69, 9.17) is 9.52 Å². The van der Waals surface area contributed by atoms with Crippen LogP contribution in [0, 0.1) is 6.92 Å². The van der Waals surface area contributed by atoms with Crippen molar-refractivity contribution in [1.82, 2.24) is 9.88 Å². The van der Waals surface area contributed by atoms with Crippen LogP contribution in [0.15, 0.2) is 22.1 Å². The van der Waals surface area contributed by atoms with Crippen LogP contribution in [0.3, 0.4) is 0 Å². The first-order chi connectivity index (χ1) is 11.0. The molecule has 8 heteroatoms. The summed E-state index contributed by atoms with van der Waals surface area (Å²) in [7, 11) is 0. The number of nitrogens with zero attached hydrogens (tertiary/aromatic N) is 2. The van der Waals surface area contributed by atoms with Crippen molar-refractivity contribution < 1.29 is 19.1 Å². The number of rotatable bonds is 7. The summed E-state index contributed by atoms with van der Waals surface area (Å²) in [6, 6.07) is 1.59. The molecule has 2 rings (SSSR count). The number of hydrogen-bond acceptors (Lipinski definition) is 6. The number of thiazole rings is 1. The number of anilines is 1. The van der Waals surface area contributed by atoms with Gasteiger partial charge in [0.25, 0.3) is 5.91 Å². The van der Waals surface area contributed by atoms with Gasteiger partial charge in [0.1, 0.15) is 5.76 Å². The topological polar surface area (TPSA) is 95.7 Å². The minimum atomic E-state index is -0.293. The predicted octanol–water partition coefficient (Wildman–Crippen LogP) is 1.68. The average Bonchev–Trinajstić information content (AvgIpc) is 3.13. The molecule has 0 aliphatic heterocycles. The number of carbonyl (C=O) groups excluding carboxylic acids is 2. The third-order valence-corrected chi connectivity index (χ3v) is 4.12. The summed E-state index contributed by atoms with van der Waals surface area (Å²) in [5, 5.41) is 13.8. The zero-order valence-electron chi connectivity index (χ0n) is 13.0. The van der Waals surface area contributed by atoms with Gasteiger partial charge in [0.05, 0.1) is 30.5 Å². The molecule has 0 spiro atoms. The van der Waals surface area contributed by atoms with E-state index in [2.05, 4.69) is 10.3 Å². The van der Waals surface area contributed by atoms with Crippen LogP contribution >= 0.6 is 11.3 Å².